The van der Waals surface area contributed by atoms with E-state index < -0.39 is 0 Å². The normalized spacial score (nSPS) is 22.6. The van der Waals surface area contributed by atoms with E-state index in [0.717, 1.165) is 0 Å². The number of allylic oxidation sites excluding steroid dienone is 3. The Labute approximate surface area is 93.8 Å². The highest BCUT2D eigenvalue weighted by Crippen LogP contribution is 2.38. The van der Waals surface area contributed by atoms with Crippen LogP contribution in [0.3, 0.4) is 0 Å². The summed E-state index contributed by atoms with van der Waals surface area (Å²) in [6, 6.07) is 8.57. The third-order valence-corrected chi connectivity index (χ3v) is 4.08. The predicted octanol–water partition coefficient (Wildman–Crippen LogP) is 3.00. The van der Waals surface area contributed by atoms with Gasteiger partial charge in [-0.15, -0.1) is 11.8 Å². The SMILES string of the molecule is C[N+]1=C2C=CC=CC2Sc2ccccc21. The van der Waals surface area contributed by atoms with Crippen molar-refractivity contribution < 1.29 is 4.58 Å². The monoisotopic (exact) mass is 214 g/mol. The summed E-state index contributed by atoms with van der Waals surface area (Å²) in [5, 5.41) is 0.481. The molecule has 0 spiro atoms. The molecule has 1 aliphatic heterocycles. The minimum atomic E-state index is 0.481. The molecular formula is C13H12NS+. The molecule has 0 bridgehead atoms. The van der Waals surface area contributed by atoms with Gasteiger partial charge in [0.2, 0.25) is 5.69 Å². The minimum absolute atomic E-state index is 0.481. The molecule has 1 unspecified atom stereocenters. The fourth-order valence-corrected chi connectivity index (χ4v) is 3.31. The lowest BCUT2D eigenvalue weighted by Crippen LogP contribution is -2.26. The Morgan fingerprint density at radius 2 is 2.07 bits per heavy atom. The van der Waals surface area contributed by atoms with Crippen molar-refractivity contribution in [2.24, 2.45) is 0 Å². The van der Waals surface area contributed by atoms with Gasteiger partial charge in [0, 0.05) is 12.1 Å². The molecular weight excluding hydrogens is 202 g/mol. The number of fused-ring (bicyclic) bond motifs is 2. The molecule has 0 N–H and O–H groups in total. The Balaban J connectivity index is 2.21. The number of para-hydroxylation sites is 1. The highest BCUT2D eigenvalue weighted by molar-refractivity contribution is 8.01. The topological polar surface area (TPSA) is 3.01 Å². The smallest absolute Gasteiger partial charge is 0.197 e. The van der Waals surface area contributed by atoms with Crippen molar-refractivity contribution in [1.82, 2.24) is 0 Å². The Bertz CT molecular complexity index is 497. The van der Waals surface area contributed by atoms with Gasteiger partial charge in [0.15, 0.2) is 5.71 Å². The summed E-state index contributed by atoms with van der Waals surface area (Å²) in [5.41, 5.74) is 2.69. The van der Waals surface area contributed by atoms with Gasteiger partial charge in [-0.3, -0.25) is 0 Å². The average Bonchev–Trinajstić information content (AvgIpc) is 2.30. The average molecular weight is 214 g/mol. The van der Waals surface area contributed by atoms with E-state index in [-0.39, 0.29) is 0 Å². The van der Waals surface area contributed by atoms with Crippen LogP contribution in [0.15, 0.2) is 53.5 Å². The highest BCUT2D eigenvalue weighted by Gasteiger charge is 2.30. The quantitative estimate of drug-likeness (QED) is 0.600. The lowest BCUT2D eigenvalue weighted by molar-refractivity contribution is -0.408. The molecule has 1 aromatic rings. The molecule has 15 heavy (non-hydrogen) atoms. The maximum absolute atomic E-state index is 2.29. The van der Waals surface area contributed by atoms with Gasteiger partial charge in [-0.1, -0.05) is 30.4 Å². The second-order valence-electron chi connectivity index (χ2n) is 3.73. The van der Waals surface area contributed by atoms with E-state index in [4.69, 9.17) is 0 Å². The largest absolute Gasteiger partial charge is 0.218 e. The first-order chi connectivity index (χ1) is 7.36. The molecule has 0 radical (unpaired) electrons. The summed E-state index contributed by atoms with van der Waals surface area (Å²) in [4.78, 5) is 1.37. The van der Waals surface area contributed by atoms with E-state index in [9.17, 15) is 0 Å². The van der Waals surface area contributed by atoms with Crippen LogP contribution in [0.25, 0.3) is 0 Å². The first-order valence-corrected chi connectivity index (χ1v) is 5.95. The van der Waals surface area contributed by atoms with Crippen LogP contribution in [0.4, 0.5) is 5.69 Å². The fraction of sp³-hybridized carbons (Fsp3) is 0.154. The maximum atomic E-state index is 2.29. The first-order valence-electron chi connectivity index (χ1n) is 5.07. The van der Waals surface area contributed by atoms with Gasteiger partial charge < -0.3 is 0 Å². The zero-order chi connectivity index (χ0) is 10.3. The van der Waals surface area contributed by atoms with Gasteiger partial charge in [0.05, 0.1) is 4.90 Å². The van der Waals surface area contributed by atoms with E-state index >= 15 is 0 Å². The molecule has 0 aromatic heterocycles. The van der Waals surface area contributed by atoms with Crippen LogP contribution in [-0.4, -0.2) is 22.6 Å². The number of rotatable bonds is 0. The molecule has 0 saturated carbocycles. The Morgan fingerprint density at radius 3 is 3.00 bits per heavy atom. The van der Waals surface area contributed by atoms with E-state index in [2.05, 4.69) is 60.2 Å². The molecule has 0 saturated heterocycles. The van der Waals surface area contributed by atoms with Crippen LogP contribution >= 0.6 is 11.8 Å². The van der Waals surface area contributed by atoms with Crippen molar-refractivity contribution in [3.63, 3.8) is 0 Å². The van der Waals surface area contributed by atoms with Crippen molar-refractivity contribution in [3.8, 4) is 0 Å². The third-order valence-electron chi connectivity index (χ3n) is 2.82. The molecule has 2 heteroatoms. The molecule has 0 amide bonds. The second-order valence-corrected chi connectivity index (χ2v) is 4.92. The van der Waals surface area contributed by atoms with Crippen LogP contribution in [0.1, 0.15) is 0 Å². The number of benzene rings is 1. The van der Waals surface area contributed by atoms with Crippen LogP contribution in [0.5, 0.6) is 0 Å². The van der Waals surface area contributed by atoms with Gasteiger partial charge in [-0.25, -0.2) is 0 Å². The van der Waals surface area contributed by atoms with Gasteiger partial charge >= 0.3 is 0 Å². The molecule has 0 fully saturated rings. The predicted molar refractivity (Wildman–Crippen MR) is 65.2 cm³/mol. The zero-order valence-corrected chi connectivity index (χ0v) is 9.37. The zero-order valence-electron chi connectivity index (χ0n) is 8.55. The summed E-state index contributed by atoms with van der Waals surface area (Å²) >= 11 is 1.93. The Morgan fingerprint density at radius 1 is 1.20 bits per heavy atom. The molecule has 1 heterocycles. The Kier molecular flexibility index (Phi) is 2.03. The summed E-state index contributed by atoms with van der Waals surface area (Å²) in [5.74, 6) is 0. The van der Waals surface area contributed by atoms with Gasteiger partial charge in [-0.2, -0.15) is 4.58 Å². The van der Waals surface area contributed by atoms with Crippen molar-refractivity contribution in [3.05, 3.63) is 48.6 Å². The molecule has 2 aliphatic rings. The summed E-state index contributed by atoms with van der Waals surface area (Å²) in [7, 11) is 2.14. The molecule has 1 aromatic carbocycles. The molecule has 74 valence electrons. The second kappa shape index (κ2) is 3.38. The summed E-state index contributed by atoms with van der Waals surface area (Å²) in [6.45, 7) is 0. The highest BCUT2D eigenvalue weighted by atomic mass is 32.2. The summed E-state index contributed by atoms with van der Waals surface area (Å²) in [6.07, 6.45) is 8.69. The maximum Gasteiger partial charge on any atom is 0.218 e. The first kappa shape index (κ1) is 8.98. The van der Waals surface area contributed by atoms with Crippen LogP contribution in [-0.2, 0) is 0 Å². The molecule has 3 rings (SSSR count). The van der Waals surface area contributed by atoms with Gasteiger partial charge in [-0.05, 0) is 6.07 Å². The van der Waals surface area contributed by atoms with E-state index in [1.54, 1.807) is 0 Å². The van der Waals surface area contributed by atoms with Crippen LogP contribution in [0, 0.1) is 0 Å². The third kappa shape index (κ3) is 1.37. The lowest BCUT2D eigenvalue weighted by Gasteiger charge is -2.20. The van der Waals surface area contributed by atoms with Gasteiger partial charge in [0.1, 0.15) is 12.3 Å². The van der Waals surface area contributed by atoms with E-state index in [1.807, 2.05) is 11.8 Å². The standard InChI is InChI=1S/C13H12NS/c1-14-10-6-2-4-8-12(10)15-13-9-5-3-7-11(13)14/h2-9,12H,1H3/q+1. The van der Waals surface area contributed by atoms with Crippen LogP contribution in [0.2, 0.25) is 0 Å². The molecule has 1 aliphatic carbocycles. The van der Waals surface area contributed by atoms with E-state index in [0.29, 0.717) is 5.25 Å². The van der Waals surface area contributed by atoms with Crippen molar-refractivity contribution in [1.29, 1.82) is 0 Å². The van der Waals surface area contributed by atoms with Crippen molar-refractivity contribution >= 4 is 23.2 Å². The van der Waals surface area contributed by atoms with Crippen molar-refractivity contribution in [2.45, 2.75) is 10.1 Å². The number of hydrogen-bond donors (Lipinski definition) is 0. The summed E-state index contributed by atoms with van der Waals surface area (Å²) < 4.78 is 2.29. The minimum Gasteiger partial charge on any atom is -0.197 e. The van der Waals surface area contributed by atoms with Crippen LogP contribution < -0.4 is 0 Å². The van der Waals surface area contributed by atoms with E-state index in [1.165, 1.54) is 16.3 Å². The number of nitrogens with zero attached hydrogens (tertiary/aromatic N) is 1. The van der Waals surface area contributed by atoms with Gasteiger partial charge in [0.25, 0.3) is 0 Å². The fourth-order valence-electron chi connectivity index (χ4n) is 2.02. The van der Waals surface area contributed by atoms with Crippen molar-refractivity contribution in [2.75, 3.05) is 7.05 Å². The molecule has 1 atom stereocenters. The Hall–Kier alpha value is -1.28. The molecule has 1 nitrogen and oxygen atoms in total. The number of hydrogen-bond acceptors (Lipinski definition) is 1. The lowest BCUT2D eigenvalue weighted by atomic mass is 10.1. The number of thioether (sulfide) groups is 1.